The van der Waals surface area contributed by atoms with Crippen LogP contribution >= 0.6 is 11.3 Å². The summed E-state index contributed by atoms with van der Waals surface area (Å²) in [6.07, 6.45) is 0. The zero-order valence-corrected chi connectivity index (χ0v) is 32.5. The minimum Gasteiger partial charge on any atom is -0.310 e. The van der Waals surface area contributed by atoms with Crippen LogP contribution in [0.4, 0.5) is 17.1 Å². The highest BCUT2D eigenvalue weighted by atomic mass is 32.1. The Morgan fingerprint density at radius 1 is 0.293 bits per heavy atom. The van der Waals surface area contributed by atoms with Crippen molar-refractivity contribution in [2.24, 2.45) is 0 Å². The summed E-state index contributed by atoms with van der Waals surface area (Å²) in [6.45, 7) is 0. The van der Waals surface area contributed by atoms with Crippen LogP contribution in [-0.4, -0.2) is 0 Å². The third kappa shape index (κ3) is 5.94. The summed E-state index contributed by atoms with van der Waals surface area (Å²) in [4.78, 5) is 2.40. The number of anilines is 3. The molecule has 11 rings (SSSR count). The molecule has 1 aromatic heterocycles. The predicted molar refractivity (Wildman–Crippen MR) is 251 cm³/mol. The molecule has 0 bridgehead atoms. The molecule has 0 aliphatic carbocycles. The average Bonchev–Trinajstić information content (AvgIpc) is 3.69. The number of hydrogen-bond donors (Lipinski definition) is 0. The molecule has 2 heteroatoms. The quantitative estimate of drug-likeness (QED) is 0.157. The maximum absolute atomic E-state index is 2.40. The summed E-state index contributed by atoms with van der Waals surface area (Å²) < 4.78 is 2.66. The molecule has 0 radical (unpaired) electrons. The maximum Gasteiger partial charge on any atom is 0.0540 e. The molecular formula is C56H37NS. The molecule has 10 aromatic carbocycles. The van der Waals surface area contributed by atoms with Gasteiger partial charge in [-0.15, -0.1) is 11.3 Å². The van der Waals surface area contributed by atoms with Gasteiger partial charge in [-0.3, -0.25) is 0 Å². The molecule has 0 amide bonds. The molecule has 0 aliphatic rings. The van der Waals surface area contributed by atoms with E-state index in [0.717, 1.165) is 17.1 Å². The molecule has 58 heavy (non-hydrogen) atoms. The third-order valence-corrected chi connectivity index (χ3v) is 12.7. The van der Waals surface area contributed by atoms with Gasteiger partial charge in [-0.1, -0.05) is 182 Å². The number of thiophene rings is 1. The van der Waals surface area contributed by atoms with Crippen molar-refractivity contribution >= 4 is 70.1 Å². The van der Waals surface area contributed by atoms with E-state index in [-0.39, 0.29) is 0 Å². The monoisotopic (exact) mass is 755 g/mol. The molecule has 0 saturated carbocycles. The second-order valence-corrected chi connectivity index (χ2v) is 15.9. The van der Waals surface area contributed by atoms with E-state index in [9.17, 15) is 0 Å². The van der Waals surface area contributed by atoms with Gasteiger partial charge in [-0.05, 0) is 103 Å². The normalized spacial score (nSPS) is 11.4. The summed E-state index contributed by atoms with van der Waals surface area (Å²) >= 11 is 1.88. The van der Waals surface area contributed by atoms with Gasteiger partial charge in [0.2, 0.25) is 0 Å². The van der Waals surface area contributed by atoms with E-state index in [1.165, 1.54) is 86.2 Å². The molecule has 1 nitrogen and oxygen atoms in total. The second-order valence-electron chi connectivity index (χ2n) is 14.9. The van der Waals surface area contributed by atoms with Crippen molar-refractivity contribution in [1.29, 1.82) is 0 Å². The molecule has 0 aliphatic heterocycles. The van der Waals surface area contributed by atoms with E-state index < -0.39 is 0 Å². The Morgan fingerprint density at radius 2 is 0.828 bits per heavy atom. The van der Waals surface area contributed by atoms with E-state index >= 15 is 0 Å². The van der Waals surface area contributed by atoms with Gasteiger partial charge < -0.3 is 4.90 Å². The van der Waals surface area contributed by atoms with Crippen LogP contribution in [0.1, 0.15) is 0 Å². The first-order valence-electron chi connectivity index (χ1n) is 19.8. The SMILES string of the molecule is c1ccc(-c2cc(-c3ccc(N(c4ccc(-c5cccc6c5sc5ccccc56)cc4)c4cccc5ccccc45)cc3)ccc2-c2cccc3ccccc23)cc1. The van der Waals surface area contributed by atoms with Crippen LogP contribution in [0, 0.1) is 0 Å². The van der Waals surface area contributed by atoms with Crippen molar-refractivity contribution in [2.75, 3.05) is 4.90 Å². The standard InChI is InChI=1S/C56H37NS/c1-2-13-41(14-3-1)53-37-43(31-36-50(53)49-23-10-17-39-15-4-6-19-46(39)49)38-27-32-44(33-28-38)57(54-25-11-18-40-16-5-7-20-47(40)54)45-34-29-42(30-35-45)48-22-12-24-52-51-21-8-9-26-55(51)58-56(48)52/h1-37H. The highest BCUT2D eigenvalue weighted by Crippen LogP contribution is 2.44. The van der Waals surface area contributed by atoms with Crippen LogP contribution in [-0.2, 0) is 0 Å². The topological polar surface area (TPSA) is 3.24 Å². The highest BCUT2D eigenvalue weighted by molar-refractivity contribution is 7.26. The fourth-order valence-electron chi connectivity index (χ4n) is 8.67. The minimum atomic E-state index is 1.11. The van der Waals surface area contributed by atoms with Crippen molar-refractivity contribution in [2.45, 2.75) is 0 Å². The largest absolute Gasteiger partial charge is 0.310 e. The molecule has 272 valence electrons. The van der Waals surface area contributed by atoms with Crippen LogP contribution in [0.3, 0.4) is 0 Å². The summed E-state index contributed by atoms with van der Waals surface area (Å²) in [6, 6.07) is 81.9. The van der Waals surface area contributed by atoms with Crippen LogP contribution in [0.5, 0.6) is 0 Å². The number of fused-ring (bicyclic) bond motifs is 5. The number of nitrogens with zero attached hydrogens (tertiary/aromatic N) is 1. The van der Waals surface area contributed by atoms with Crippen molar-refractivity contribution in [3.8, 4) is 44.5 Å². The minimum absolute atomic E-state index is 1.11. The van der Waals surface area contributed by atoms with Gasteiger partial charge in [0.15, 0.2) is 0 Å². The number of benzene rings is 10. The molecule has 1 heterocycles. The first-order valence-corrected chi connectivity index (χ1v) is 20.7. The van der Waals surface area contributed by atoms with E-state index in [2.05, 4.69) is 229 Å². The van der Waals surface area contributed by atoms with Gasteiger partial charge in [0.1, 0.15) is 0 Å². The molecule has 0 fully saturated rings. The Kier molecular flexibility index (Phi) is 8.42. The summed E-state index contributed by atoms with van der Waals surface area (Å²) in [5.41, 5.74) is 13.1. The van der Waals surface area contributed by atoms with Crippen molar-refractivity contribution in [3.63, 3.8) is 0 Å². The fourth-order valence-corrected chi connectivity index (χ4v) is 9.91. The van der Waals surface area contributed by atoms with Crippen molar-refractivity contribution in [3.05, 3.63) is 224 Å². The van der Waals surface area contributed by atoms with Gasteiger partial charge in [0, 0.05) is 36.9 Å². The summed E-state index contributed by atoms with van der Waals surface area (Å²) in [7, 11) is 0. The molecule has 11 aromatic rings. The highest BCUT2D eigenvalue weighted by Gasteiger charge is 2.18. The molecule has 0 atom stereocenters. The first kappa shape index (κ1) is 34.0. The zero-order valence-electron chi connectivity index (χ0n) is 31.7. The fraction of sp³-hybridized carbons (Fsp3) is 0. The predicted octanol–water partition coefficient (Wildman–Crippen LogP) is 16.5. The molecule has 0 saturated heterocycles. The van der Waals surface area contributed by atoms with Gasteiger partial charge >= 0.3 is 0 Å². The lowest BCUT2D eigenvalue weighted by molar-refractivity contribution is 1.30. The van der Waals surface area contributed by atoms with Gasteiger partial charge in [0.05, 0.1) is 5.69 Å². The lowest BCUT2D eigenvalue weighted by atomic mass is 9.89. The van der Waals surface area contributed by atoms with Crippen LogP contribution < -0.4 is 4.90 Å². The molecule has 0 unspecified atom stereocenters. The summed E-state index contributed by atoms with van der Waals surface area (Å²) in [5.74, 6) is 0. The Hall–Kier alpha value is -7.26. The Bertz CT molecular complexity index is 3260. The molecule has 0 N–H and O–H groups in total. The van der Waals surface area contributed by atoms with Crippen LogP contribution in [0.25, 0.3) is 86.2 Å². The first-order chi connectivity index (χ1) is 28.8. The zero-order chi connectivity index (χ0) is 38.4. The third-order valence-electron chi connectivity index (χ3n) is 11.5. The van der Waals surface area contributed by atoms with E-state index in [0.29, 0.717) is 0 Å². The van der Waals surface area contributed by atoms with E-state index in [1.54, 1.807) is 0 Å². The smallest absolute Gasteiger partial charge is 0.0540 e. The van der Waals surface area contributed by atoms with Gasteiger partial charge in [-0.25, -0.2) is 0 Å². The lowest BCUT2D eigenvalue weighted by Crippen LogP contribution is -2.10. The Labute approximate surface area is 342 Å². The van der Waals surface area contributed by atoms with Gasteiger partial charge in [0.25, 0.3) is 0 Å². The maximum atomic E-state index is 2.40. The molecule has 0 spiro atoms. The van der Waals surface area contributed by atoms with Crippen molar-refractivity contribution < 1.29 is 0 Å². The number of rotatable bonds is 7. The Balaban J connectivity index is 1.01. The van der Waals surface area contributed by atoms with E-state index in [1.807, 2.05) is 11.3 Å². The van der Waals surface area contributed by atoms with Gasteiger partial charge in [-0.2, -0.15) is 0 Å². The lowest BCUT2D eigenvalue weighted by Gasteiger charge is -2.27. The average molecular weight is 756 g/mol. The second kappa shape index (κ2) is 14.4. The number of hydrogen-bond acceptors (Lipinski definition) is 2. The summed E-state index contributed by atoms with van der Waals surface area (Å²) in [5, 5.41) is 7.58. The Morgan fingerprint density at radius 3 is 1.60 bits per heavy atom. The van der Waals surface area contributed by atoms with Crippen molar-refractivity contribution in [1.82, 2.24) is 0 Å². The van der Waals surface area contributed by atoms with E-state index in [4.69, 9.17) is 0 Å². The van der Waals surface area contributed by atoms with Crippen LogP contribution in [0.15, 0.2) is 224 Å². The molecular weight excluding hydrogens is 719 g/mol. The van der Waals surface area contributed by atoms with Crippen LogP contribution in [0.2, 0.25) is 0 Å².